The van der Waals surface area contributed by atoms with Crippen LogP contribution in [0.25, 0.3) is 0 Å². The van der Waals surface area contributed by atoms with E-state index in [0.29, 0.717) is 18.5 Å². The molecule has 0 aliphatic carbocycles. The van der Waals surface area contributed by atoms with E-state index >= 15 is 0 Å². The summed E-state index contributed by atoms with van der Waals surface area (Å²) in [7, 11) is 0. The van der Waals surface area contributed by atoms with Crippen LogP contribution < -0.4 is 0 Å². The highest BCUT2D eigenvalue weighted by atomic mass is 19.1. The van der Waals surface area contributed by atoms with Gasteiger partial charge in [-0.15, -0.1) is 0 Å². The van der Waals surface area contributed by atoms with Crippen LogP contribution in [-0.2, 0) is 11.2 Å². The lowest BCUT2D eigenvalue weighted by atomic mass is 10.1. The topological polar surface area (TPSA) is 26.8 Å². The van der Waals surface area contributed by atoms with Crippen molar-refractivity contribution in [2.75, 3.05) is 39.3 Å². The fourth-order valence-corrected chi connectivity index (χ4v) is 4.10. The molecule has 0 radical (unpaired) electrons. The van der Waals surface area contributed by atoms with Gasteiger partial charge in [-0.05, 0) is 44.4 Å². The summed E-state index contributed by atoms with van der Waals surface area (Å²) >= 11 is 0. The second kappa shape index (κ2) is 8.28. The van der Waals surface area contributed by atoms with Crippen LogP contribution in [0.2, 0.25) is 0 Å². The van der Waals surface area contributed by atoms with Crippen LogP contribution in [0.3, 0.4) is 0 Å². The first-order chi connectivity index (χ1) is 12.0. The van der Waals surface area contributed by atoms with Crippen molar-refractivity contribution in [2.45, 2.75) is 45.2 Å². The van der Waals surface area contributed by atoms with Crippen molar-refractivity contribution in [3.63, 3.8) is 0 Å². The van der Waals surface area contributed by atoms with Crippen molar-refractivity contribution in [3.8, 4) is 0 Å². The van der Waals surface area contributed by atoms with Crippen LogP contribution in [0.15, 0.2) is 24.3 Å². The van der Waals surface area contributed by atoms with Gasteiger partial charge in [0.2, 0.25) is 5.91 Å². The summed E-state index contributed by atoms with van der Waals surface area (Å²) in [4.78, 5) is 19.4. The zero-order valence-electron chi connectivity index (χ0n) is 15.5. The van der Waals surface area contributed by atoms with Crippen molar-refractivity contribution < 1.29 is 9.18 Å². The van der Waals surface area contributed by atoms with E-state index in [1.54, 1.807) is 6.07 Å². The standard InChI is InChI=1S/C20H30FN3O/c1-16-6-7-17(2)24(16)13-10-22-8-11-23(12-9-22)20(25)15-18-4-3-5-19(21)14-18/h3-5,14,16-17H,6-13,15H2,1-2H3/t16-,17+. The largest absolute Gasteiger partial charge is 0.340 e. The predicted octanol–water partition coefficient (Wildman–Crippen LogP) is 2.39. The summed E-state index contributed by atoms with van der Waals surface area (Å²) in [6.45, 7) is 10.3. The Balaban J connectivity index is 1.41. The summed E-state index contributed by atoms with van der Waals surface area (Å²) in [6, 6.07) is 7.74. The third kappa shape index (κ3) is 4.79. The summed E-state index contributed by atoms with van der Waals surface area (Å²) in [6.07, 6.45) is 2.91. The molecule has 0 N–H and O–H groups in total. The maximum Gasteiger partial charge on any atom is 0.227 e. The van der Waals surface area contributed by atoms with E-state index < -0.39 is 0 Å². The second-order valence-corrected chi connectivity index (χ2v) is 7.54. The molecule has 4 nitrogen and oxygen atoms in total. The minimum atomic E-state index is -0.277. The molecule has 2 aliphatic rings. The molecular weight excluding hydrogens is 317 g/mol. The lowest BCUT2D eigenvalue weighted by molar-refractivity contribution is -0.132. The quantitative estimate of drug-likeness (QED) is 0.818. The number of halogens is 1. The molecule has 2 saturated heterocycles. The number of carbonyl (C=O) groups excluding carboxylic acids is 1. The lowest BCUT2D eigenvalue weighted by Gasteiger charge is -2.36. The van der Waals surface area contributed by atoms with E-state index in [2.05, 4.69) is 23.6 Å². The molecule has 0 unspecified atom stereocenters. The average molecular weight is 347 g/mol. The molecule has 1 aromatic rings. The van der Waals surface area contributed by atoms with Gasteiger partial charge in [0.15, 0.2) is 0 Å². The van der Waals surface area contributed by atoms with Gasteiger partial charge in [0.25, 0.3) is 0 Å². The SMILES string of the molecule is C[C@@H]1CC[C@H](C)N1CCN1CCN(C(=O)Cc2cccc(F)c2)CC1. The molecule has 0 saturated carbocycles. The van der Waals surface area contributed by atoms with Gasteiger partial charge >= 0.3 is 0 Å². The van der Waals surface area contributed by atoms with E-state index in [0.717, 1.165) is 44.8 Å². The van der Waals surface area contributed by atoms with Crippen molar-refractivity contribution in [2.24, 2.45) is 0 Å². The molecular formula is C20H30FN3O. The number of hydrogen-bond donors (Lipinski definition) is 0. The number of amides is 1. The Morgan fingerprint density at radius 2 is 1.76 bits per heavy atom. The predicted molar refractivity (Wildman–Crippen MR) is 98.0 cm³/mol. The highest BCUT2D eigenvalue weighted by Gasteiger charge is 2.28. The molecule has 2 heterocycles. The number of hydrogen-bond acceptors (Lipinski definition) is 3. The molecule has 0 aromatic heterocycles. The van der Waals surface area contributed by atoms with Crippen molar-refractivity contribution in [3.05, 3.63) is 35.6 Å². The average Bonchev–Trinajstić information content (AvgIpc) is 2.92. The van der Waals surface area contributed by atoms with E-state index in [1.165, 1.54) is 25.0 Å². The Morgan fingerprint density at radius 1 is 1.08 bits per heavy atom. The third-order valence-electron chi connectivity index (χ3n) is 5.78. The number of likely N-dealkylation sites (tertiary alicyclic amines) is 1. The van der Waals surface area contributed by atoms with Gasteiger partial charge in [0.1, 0.15) is 5.82 Å². The Hall–Kier alpha value is -1.46. The van der Waals surface area contributed by atoms with Gasteiger partial charge in [-0.2, -0.15) is 0 Å². The molecule has 2 fully saturated rings. The molecule has 1 aromatic carbocycles. The van der Waals surface area contributed by atoms with E-state index in [9.17, 15) is 9.18 Å². The van der Waals surface area contributed by atoms with Gasteiger partial charge in [0.05, 0.1) is 6.42 Å². The smallest absolute Gasteiger partial charge is 0.227 e. The van der Waals surface area contributed by atoms with Gasteiger partial charge in [0, 0.05) is 51.4 Å². The number of rotatable bonds is 5. The van der Waals surface area contributed by atoms with Gasteiger partial charge < -0.3 is 4.90 Å². The summed E-state index contributed by atoms with van der Waals surface area (Å²) in [5.74, 6) is -0.174. The maximum atomic E-state index is 13.2. The van der Waals surface area contributed by atoms with Crippen LogP contribution in [0.1, 0.15) is 32.3 Å². The van der Waals surface area contributed by atoms with Crippen LogP contribution in [-0.4, -0.2) is 72.0 Å². The molecule has 0 bridgehead atoms. The summed E-state index contributed by atoms with van der Waals surface area (Å²) in [5.41, 5.74) is 0.754. The monoisotopic (exact) mass is 347 g/mol. The van der Waals surface area contributed by atoms with Crippen molar-refractivity contribution in [1.29, 1.82) is 0 Å². The first kappa shape index (κ1) is 18.3. The summed E-state index contributed by atoms with van der Waals surface area (Å²) in [5, 5.41) is 0. The molecule has 138 valence electrons. The van der Waals surface area contributed by atoms with E-state index in [4.69, 9.17) is 0 Å². The van der Waals surface area contributed by atoms with E-state index in [-0.39, 0.29) is 11.7 Å². The second-order valence-electron chi connectivity index (χ2n) is 7.54. The van der Waals surface area contributed by atoms with Crippen molar-refractivity contribution >= 4 is 5.91 Å². The Morgan fingerprint density at radius 3 is 2.40 bits per heavy atom. The zero-order valence-corrected chi connectivity index (χ0v) is 15.5. The highest BCUT2D eigenvalue weighted by molar-refractivity contribution is 5.78. The molecule has 3 rings (SSSR count). The minimum Gasteiger partial charge on any atom is -0.340 e. The van der Waals surface area contributed by atoms with Crippen LogP contribution in [0, 0.1) is 5.82 Å². The third-order valence-corrected chi connectivity index (χ3v) is 5.78. The minimum absolute atomic E-state index is 0.104. The van der Waals surface area contributed by atoms with Crippen molar-refractivity contribution in [1.82, 2.24) is 14.7 Å². The normalized spacial score (nSPS) is 25.5. The molecule has 2 aliphatic heterocycles. The molecule has 25 heavy (non-hydrogen) atoms. The Bertz CT molecular complexity index is 576. The first-order valence-corrected chi connectivity index (χ1v) is 9.53. The fraction of sp³-hybridized carbons (Fsp3) is 0.650. The first-order valence-electron chi connectivity index (χ1n) is 9.53. The Labute approximate surface area is 150 Å². The molecule has 0 spiro atoms. The highest BCUT2D eigenvalue weighted by Crippen LogP contribution is 2.22. The fourth-order valence-electron chi connectivity index (χ4n) is 4.10. The number of carbonyl (C=O) groups is 1. The molecule has 1 amide bonds. The number of nitrogens with zero attached hydrogens (tertiary/aromatic N) is 3. The van der Waals surface area contributed by atoms with Gasteiger partial charge in [-0.3, -0.25) is 14.6 Å². The Kier molecular flexibility index (Phi) is 6.07. The van der Waals surface area contributed by atoms with E-state index in [1.807, 2.05) is 11.0 Å². The van der Waals surface area contributed by atoms with Crippen LogP contribution in [0.4, 0.5) is 4.39 Å². The maximum absolute atomic E-state index is 13.2. The summed E-state index contributed by atoms with van der Waals surface area (Å²) < 4.78 is 13.2. The van der Waals surface area contributed by atoms with Crippen LogP contribution >= 0.6 is 0 Å². The molecule has 5 heteroatoms. The molecule has 2 atom stereocenters. The number of benzene rings is 1. The van der Waals surface area contributed by atoms with Gasteiger partial charge in [-0.25, -0.2) is 4.39 Å². The number of piperazine rings is 1. The lowest BCUT2D eigenvalue weighted by Crippen LogP contribution is -2.51. The zero-order chi connectivity index (χ0) is 17.8. The van der Waals surface area contributed by atoms with Crippen LogP contribution in [0.5, 0.6) is 0 Å². The van der Waals surface area contributed by atoms with Gasteiger partial charge in [-0.1, -0.05) is 12.1 Å².